The molecule has 0 unspecified atom stereocenters. The Morgan fingerprint density at radius 2 is 2.00 bits per heavy atom. The van der Waals surface area contributed by atoms with Crippen LogP contribution < -0.4 is 5.73 Å². The molecule has 1 nitrogen and oxygen atoms in total. The summed E-state index contributed by atoms with van der Waals surface area (Å²) in [6.45, 7) is 3.98. The second-order valence-corrected chi connectivity index (χ2v) is 4.73. The minimum absolute atomic E-state index is 0.180. The Bertz CT molecular complexity index is 413. The molecule has 0 heterocycles. The summed E-state index contributed by atoms with van der Waals surface area (Å²) in [7, 11) is 0. The van der Waals surface area contributed by atoms with E-state index in [0.717, 1.165) is 18.4 Å². The van der Waals surface area contributed by atoms with Crippen LogP contribution in [0.2, 0.25) is 0 Å². The molecule has 0 spiro atoms. The fourth-order valence-electron chi connectivity index (χ4n) is 1.97. The van der Waals surface area contributed by atoms with Gasteiger partial charge in [-0.25, -0.2) is 4.39 Å². The molecular formula is C13H16FN. The zero-order valence-corrected chi connectivity index (χ0v) is 9.18. The van der Waals surface area contributed by atoms with Crippen LogP contribution in [0.5, 0.6) is 0 Å². The highest BCUT2D eigenvalue weighted by Gasteiger charge is 2.21. The third-order valence-electron chi connectivity index (χ3n) is 2.93. The van der Waals surface area contributed by atoms with Crippen LogP contribution in [-0.4, -0.2) is 5.54 Å². The molecule has 2 N–H and O–H groups in total. The number of fused-ring (bicyclic) bond motifs is 1. The van der Waals surface area contributed by atoms with Gasteiger partial charge < -0.3 is 5.73 Å². The van der Waals surface area contributed by atoms with Gasteiger partial charge in [-0.1, -0.05) is 17.7 Å². The van der Waals surface area contributed by atoms with E-state index < -0.39 is 0 Å². The molecule has 0 saturated heterocycles. The van der Waals surface area contributed by atoms with Gasteiger partial charge >= 0.3 is 0 Å². The standard InChI is InChI=1S/C13H16FN/c1-13(2,15)11-5-3-9-4-6-12(14)8-10(9)7-11/h4,6-8H,3,5,15H2,1-2H3. The van der Waals surface area contributed by atoms with Gasteiger partial charge in [-0.2, -0.15) is 0 Å². The van der Waals surface area contributed by atoms with Gasteiger partial charge in [0.2, 0.25) is 0 Å². The van der Waals surface area contributed by atoms with E-state index in [9.17, 15) is 4.39 Å². The number of hydrogen-bond acceptors (Lipinski definition) is 1. The van der Waals surface area contributed by atoms with E-state index in [1.165, 1.54) is 17.2 Å². The smallest absolute Gasteiger partial charge is 0.123 e. The number of benzene rings is 1. The third kappa shape index (κ3) is 2.10. The minimum Gasteiger partial charge on any atom is -0.322 e. The summed E-state index contributed by atoms with van der Waals surface area (Å²) in [4.78, 5) is 0. The van der Waals surface area contributed by atoms with Gasteiger partial charge in [0.15, 0.2) is 0 Å². The predicted octanol–water partition coefficient (Wildman–Crippen LogP) is 2.89. The van der Waals surface area contributed by atoms with Crippen LogP contribution in [-0.2, 0) is 6.42 Å². The van der Waals surface area contributed by atoms with Crippen LogP contribution in [0.3, 0.4) is 0 Å². The molecule has 2 heteroatoms. The topological polar surface area (TPSA) is 26.0 Å². The van der Waals surface area contributed by atoms with Gasteiger partial charge in [0.05, 0.1) is 0 Å². The van der Waals surface area contributed by atoms with Gasteiger partial charge in [0.25, 0.3) is 0 Å². The van der Waals surface area contributed by atoms with Crippen LogP contribution in [0.1, 0.15) is 31.4 Å². The molecule has 0 saturated carbocycles. The average molecular weight is 205 g/mol. The lowest BCUT2D eigenvalue weighted by molar-refractivity contribution is 0.581. The first kappa shape index (κ1) is 10.4. The molecule has 0 atom stereocenters. The maximum Gasteiger partial charge on any atom is 0.123 e. The number of rotatable bonds is 1. The molecule has 1 aliphatic rings. The summed E-state index contributed by atoms with van der Waals surface area (Å²) in [5, 5.41) is 0. The van der Waals surface area contributed by atoms with Crippen LogP contribution in [0.4, 0.5) is 4.39 Å². The summed E-state index contributed by atoms with van der Waals surface area (Å²) in [5.41, 5.74) is 9.13. The Morgan fingerprint density at radius 1 is 1.27 bits per heavy atom. The first-order valence-corrected chi connectivity index (χ1v) is 5.25. The molecule has 15 heavy (non-hydrogen) atoms. The molecule has 1 aromatic carbocycles. The molecule has 0 radical (unpaired) electrons. The second-order valence-electron chi connectivity index (χ2n) is 4.73. The Balaban J connectivity index is 2.44. The minimum atomic E-state index is -0.302. The van der Waals surface area contributed by atoms with Crippen molar-refractivity contribution >= 4 is 6.08 Å². The summed E-state index contributed by atoms with van der Waals surface area (Å²) in [6, 6.07) is 4.97. The molecule has 1 aromatic rings. The molecule has 0 fully saturated rings. The van der Waals surface area contributed by atoms with Crippen molar-refractivity contribution in [3.63, 3.8) is 0 Å². The maximum absolute atomic E-state index is 13.1. The largest absolute Gasteiger partial charge is 0.322 e. The van der Waals surface area contributed by atoms with Crippen molar-refractivity contribution < 1.29 is 4.39 Å². The second kappa shape index (κ2) is 3.46. The van der Waals surface area contributed by atoms with Crippen molar-refractivity contribution in [1.29, 1.82) is 0 Å². The first-order chi connectivity index (χ1) is 6.97. The van der Waals surface area contributed by atoms with Crippen molar-refractivity contribution in [3.05, 3.63) is 40.7 Å². The van der Waals surface area contributed by atoms with Gasteiger partial charge in [0, 0.05) is 5.54 Å². The highest BCUT2D eigenvalue weighted by Crippen LogP contribution is 2.29. The van der Waals surface area contributed by atoms with E-state index in [4.69, 9.17) is 5.73 Å². The Labute approximate surface area is 89.8 Å². The molecule has 80 valence electrons. The lowest BCUT2D eigenvalue weighted by Crippen LogP contribution is -2.35. The predicted molar refractivity (Wildman–Crippen MR) is 61.0 cm³/mol. The van der Waals surface area contributed by atoms with E-state index in [2.05, 4.69) is 0 Å². The summed E-state index contributed by atoms with van der Waals surface area (Å²) < 4.78 is 13.1. The summed E-state index contributed by atoms with van der Waals surface area (Å²) >= 11 is 0. The van der Waals surface area contributed by atoms with Crippen LogP contribution in [0, 0.1) is 5.82 Å². The normalized spacial score (nSPS) is 15.9. The fourth-order valence-corrected chi connectivity index (χ4v) is 1.97. The summed E-state index contributed by atoms with van der Waals surface area (Å²) in [5.74, 6) is -0.180. The fraction of sp³-hybridized carbons (Fsp3) is 0.385. The molecule has 0 aromatic heterocycles. The quantitative estimate of drug-likeness (QED) is 0.749. The van der Waals surface area contributed by atoms with Crippen molar-refractivity contribution in [2.75, 3.05) is 0 Å². The van der Waals surface area contributed by atoms with Crippen LogP contribution >= 0.6 is 0 Å². The molecule has 0 amide bonds. The van der Waals surface area contributed by atoms with Gasteiger partial charge in [-0.3, -0.25) is 0 Å². The third-order valence-corrected chi connectivity index (χ3v) is 2.93. The van der Waals surface area contributed by atoms with E-state index in [1.54, 1.807) is 6.07 Å². The number of hydrogen-bond donors (Lipinski definition) is 1. The SMILES string of the molecule is CC(C)(N)C1=Cc2cc(F)ccc2CC1. The van der Waals surface area contributed by atoms with Gasteiger partial charge in [-0.15, -0.1) is 0 Å². The first-order valence-electron chi connectivity index (χ1n) is 5.25. The van der Waals surface area contributed by atoms with Crippen LogP contribution in [0.15, 0.2) is 23.8 Å². The van der Waals surface area contributed by atoms with Crippen molar-refractivity contribution in [3.8, 4) is 0 Å². The molecule has 0 aliphatic heterocycles. The summed E-state index contributed by atoms with van der Waals surface area (Å²) in [6.07, 6.45) is 3.96. The lowest BCUT2D eigenvalue weighted by Gasteiger charge is -2.27. The van der Waals surface area contributed by atoms with E-state index in [1.807, 2.05) is 26.0 Å². The van der Waals surface area contributed by atoms with Crippen molar-refractivity contribution in [1.82, 2.24) is 0 Å². The zero-order chi connectivity index (χ0) is 11.1. The monoisotopic (exact) mass is 205 g/mol. The lowest BCUT2D eigenvalue weighted by atomic mass is 9.83. The molecular weight excluding hydrogens is 189 g/mol. The molecule has 1 aliphatic carbocycles. The number of aryl methyl sites for hydroxylation is 1. The maximum atomic E-state index is 13.1. The molecule has 0 bridgehead atoms. The van der Waals surface area contributed by atoms with E-state index >= 15 is 0 Å². The Morgan fingerprint density at radius 3 is 2.67 bits per heavy atom. The van der Waals surface area contributed by atoms with E-state index in [0.29, 0.717) is 0 Å². The van der Waals surface area contributed by atoms with Crippen LogP contribution in [0.25, 0.3) is 6.08 Å². The van der Waals surface area contributed by atoms with Gasteiger partial charge in [-0.05, 0) is 49.9 Å². The Kier molecular flexibility index (Phi) is 2.39. The Hall–Kier alpha value is -1.15. The highest BCUT2D eigenvalue weighted by atomic mass is 19.1. The number of halogens is 1. The van der Waals surface area contributed by atoms with Crippen molar-refractivity contribution in [2.45, 2.75) is 32.2 Å². The average Bonchev–Trinajstić information content (AvgIpc) is 2.15. The zero-order valence-electron chi connectivity index (χ0n) is 9.18. The van der Waals surface area contributed by atoms with Gasteiger partial charge in [0.1, 0.15) is 5.82 Å². The van der Waals surface area contributed by atoms with E-state index in [-0.39, 0.29) is 11.4 Å². The number of nitrogens with two attached hydrogens (primary N) is 1. The molecule has 2 rings (SSSR count). The highest BCUT2D eigenvalue weighted by molar-refractivity contribution is 5.61. The van der Waals surface area contributed by atoms with Crippen molar-refractivity contribution in [2.24, 2.45) is 5.73 Å².